The summed E-state index contributed by atoms with van der Waals surface area (Å²) < 4.78 is 31.8. The Morgan fingerprint density at radius 2 is 2.22 bits per heavy atom. The molecule has 0 bridgehead atoms. The zero-order valence-corrected chi connectivity index (χ0v) is 15.4. The van der Waals surface area contributed by atoms with Crippen molar-refractivity contribution in [2.45, 2.75) is 50.8 Å². The normalized spacial score (nSPS) is 25.7. The summed E-state index contributed by atoms with van der Waals surface area (Å²) in [5, 5.41) is 0. The van der Waals surface area contributed by atoms with E-state index in [0.717, 1.165) is 51.0 Å². The lowest BCUT2D eigenvalue weighted by molar-refractivity contribution is -0.118. The third-order valence-corrected chi connectivity index (χ3v) is 6.53. The molecule has 0 aliphatic carbocycles. The van der Waals surface area contributed by atoms with Gasteiger partial charge in [0, 0.05) is 37.2 Å². The number of rotatable bonds is 4. The summed E-state index contributed by atoms with van der Waals surface area (Å²) in [7, 11) is -3.15. The van der Waals surface area contributed by atoms with Gasteiger partial charge in [-0.1, -0.05) is 0 Å². The highest BCUT2D eigenvalue weighted by Gasteiger charge is 2.40. The molecular weight excluding hydrogens is 334 g/mol. The highest BCUT2D eigenvalue weighted by molar-refractivity contribution is 7.88. The molecular formula is C15H25N3O3S2. The van der Waals surface area contributed by atoms with Crippen molar-refractivity contribution in [2.75, 3.05) is 26.0 Å². The highest BCUT2D eigenvalue weighted by Crippen LogP contribution is 2.35. The topological polar surface area (TPSA) is 71.5 Å². The van der Waals surface area contributed by atoms with Gasteiger partial charge in [0.15, 0.2) is 0 Å². The fraction of sp³-hybridized carbons (Fsp3) is 0.800. The van der Waals surface area contributed by atoms with Crippen molar-refractivity contribution in [3.63, 3.8) is 0 Å². The Bertz CT molecular complexity index is 636. The lowest BCUT2D eigenvalue weighted by Crippen LogP contribution is -2.53. The molecule has 2 saturated heterocycles. The molecule has 8 heteroatoms. The Morgan fingerprint density at radius 3 is 2.83 bits per heavy atom. The highest BCUT2D eigenvalue weighted by atomic mass is 32.2. The van der Waals surface area contributed by atoms with Crippen LogP contribution in [0, 0.1) is 6.92 Å². The largest absolute Gasteiger partial charge is 0.375 e. The van der Waals surface area contributed by atoms with Crippen molar-refractivity contribution in [1.82, 2.24) is 14.6 Å². The number of hydrogen-bond acceptors (Lipinski definition) is 6. The van der Waals surface area contributed by atoms with Crippen LogP contribution in [0.3, 0.4) is 0 Å². The van der Waals surface area contributed by atoms with Crippen molar-refractivity contribution in [3.05, 3.63) is 16.1 Å². The standard InChI is InChI=1S/C15H25N3O3S2/c1-12-14(22-11-16-12)10-18-6-4-15(5-7-18)9-13(3-8-21-15)17-23(2,19)20/h11,13,17H,3-10H2,1-2H3. The van der Waals surface area contributed by atoms with E-state index in [1.807, 2.05) is 5.51 Å². The summed E-state index contributed by atoms with van der Waals surface area (Å²) in [4.78, 5) is 8.09. The maximum absolute atomic E-state index is 11.5. The van der Waals surface area contributed by atoms with Gasteiger partial charge in [-0.25, -0.2) is 18.1 Å². The molecule has 1 unspecified atom stereocenters. The Labute approximate surface area is 142 Å². The molecule has 0 saturated carbocycles. The lowest BCUT2D eigenvalue weighted by atomic mass is 9.82. The van der Waals surface area contributed by atoms with Gasteiger partial charge in [0.1, 0.15) is 0 Å². The van der Waals surface area contributed by atoms with Crippen molar-refractivity contribution in [1.29, 1.82) is 0 Å². The van der Waals surface area contributed by atoms with E-state index < -0.39 is 10.0 Å². The fourth-order valence-electron chi connectivity index (χ4n) is 3.58. The van der Waals surface area contributed by atoms with Crippen molar-refractivity contribution < 1.29 is 13.2 Å². The Balaban J connectivity index is 1.56. The Kier molecular flexibility index (Phi) is 5.08. The van der Waals surface area contributed by atoms with E-state index in [0.29, 0.717) is 6.61 Å². The van der Waals surface area contributed by atoms with E-state index in [1.54, 1.807) is 11.3 Å². The van der Waals surface area contributed by atoms with Crippen LogP contribution in [0.5, 0.6) is 0 Å². The van der Waals surface area contributed by atoms with Crippen LogP contribution in [-0.4, -0.2) is 55.9 Å². The number of nitrogens with zero attached hydrogens (tertiary/aromatic N) is 2. The maximum atomic E-state index is 11.5. The van der Waals surface area contributed by atoms with E-state index in [-0.39, 0.29) is 11.6 Å². The summed E-state index contributed by atoms with van der Waals surface area (Å²) in [6, 6.07) is 0.00837. The number of nitrogens with one attached hydrogen (secondary N) is 1. The molecule has 0 amide bonds. The number of piperidine rings is 1. The molecule has 0 radical (unpaired) electrons. The molecule has 1 atom stereocenters. The molecule has 0 aromatic carbocycles. The van der Waals surface area contributed by atoms with Crippen LogP contribution in [0.4, 0.5) is 0 Å². The second-order valence-electron chi connectivity index (χ2n) is 6.75. The van der Waals surface area contributed by atoms with Gasteiger partial charge < -0.3 is 4.74 Å². The predicted octanol–water partition coefficient (Wildman–Crippen LogP) is 1.51. The van der Waals surface area contributed by atoms with E-state index in [4.69, 9.17) is 4.74 Å². The average Bonchev–Trinajstić information content (AvgIpc) is 2.85. The molecule has 2 aliphatic rings. The third kappa shape index (κ3) is 4.51. The molecule has 1 aromatic rings. The first-order valence-corrected chi connectivity index (χ1v) is 10.8. The van der Waals surface area contributed by atoms with Crippen LogP contribution < -0.4 is 4.72 Å². The molecule has 1 spiro atoms. The SMILES string of the molecule is Cc1ncsc1CN1CCC2(CC1)CC(NS(C)(=O)=O)CCO2. The first-order valence-electron chi connectivity index (χ1n) is 8.08. The minimum absolute atomic E-state index is 0.00837. The zero-order chi connectivity index (χ0) is 16.5. The van der Waals surface area contributed by atoms with E-state index in [2.05, 4.69) is 21.5 Å². The minimum Gasteiger partial charge on any atom is -0.375 e. The molecule has 2 aliphatic heterocycles. The number of likely N-dealkylation sites (tertiary alicyclic amines) is 1. The number of ether oxygens (including phenoxy) is 1. The van der Waals surface area contributed by atoms with Crippen molar-refractivity contribution >= 4 is 21.4 Å². The third-order valence-electron chi connectivity index (χ3n) is 4.85. The van der Waals surface area contributed by atoms with Crippen molar-refractivity contribution in [3.8, 4) is 0 Å². The summed E-state index contributed by atoms with van der Waals surface area (Å²) in [6.45, 7) is 5.63. The molecule has 2 fully saturated rings. The van der Waals surface area contributed by atoms with Crippen LogP contribution in [-0.2, 0) is 21.3 Å². The molecule has 23 heavy (non-hydrogen) atoms. The first-order chi connectivity index (χ1) is 10.9. The maximum Gasteiger partial charge on any atom is 0.208 e. The summed E-state index contributed by atoms with van der Waals surface area (Å²) in [6.07, 6.45) is 4.71. The van der Waals surface area contributed by atoms with Crippen LogP contribution >= 0.6 is 11.3 Å². The molecule has 3 rings (SSSR count). The quantitative estimate of drug-likeness (QED) is 0.882. The Morgan fingerprint density at radius 1 is 1.48 bits per heavy atom. The van der Waals surface area contributed by atoms with E-state index >= 15 is 0 Å². The van der Waals surface area contributed by atoms with Gasteiger partial charge in [-0.2, -0.15) is 0 Å². The number of hydrogen-bond donors (Lipinski definition) is 1. The molecule has 130 valence electrons. The number of thiazole rings is 1. The van der Waals surface area contributed by atoms with Gasteiger partial charge in [-0.3, -0.25) is 4.90 Å². The second-order valence-corrected chi connectivity index (χ2v) is 9.47. The van der Waals surface area contributed by atoms with Crippen LogP contribution in [0.1, 0.15) is 36.3 Å². The fourth-order valence-corrected chi connectivity index (χ4v) is 5.20. The van der Waals surface area contributed by atoms with Crippen LogP contribution in [0.2, 0.25) is 0 Å². The van der Waals surface area contributed by atoms with Gasteiger partial charge in [-0.15, -0.1) is 11.3 Å². The smallest absolute Gasteiger partial charge is 0.208 e. The van der Waals surface area contributed by atoms with Crippen LogP contribution in [0.25, 0.3) is 0 Å². The van der Waals surface area contributed by atoms with E-state index in [9.17, 15) is 8.42 Å². The number of sulfonamides is 1. The zero-order valence-electron chi connectivity index (χ0n) is 13.7. The number of aromatic nitrogens is 1. The summed E-state index contributed by atoms with van der Waals surface area (Å²) in [5.41, 5.74) is 2.88. The summed E-state index contributed by atoms with van der Waals surface area (Å²) >= 11 is 1.72. The molecule has 3 heterocycles. The van der Waals surface area contributed by atoms with Gasteiger partial charge >= 0.3 is 0 Å². The minimum atomic E-state index is -3.15. The molecule has 1 N–H and O–H groups in total. The Hall–Kier alpha value is -0.540. The average molecular weight is 360 g/mol. The lowest BCUT2D eigenvalue weighted by Gasteiger charge is -2.46. The van der Waals surface area contributed by atoms with Crippen LogP contribution in [0.15, 0.2) is 5.51 Å². The molecule has 6 nitrogen and oxygen atoms in total. The van der Waals surface area contributed by atoms with E-state index in [1.165, 1.54) is 11.1 Å². The van der Waals surface area contributed by atoms with Gasteiger partial charge in [0.25, 0.3) is 0 Å². The number of aryl methyl sites for hydroxylation is 1. The first kappa shape index (κ1) is 17.3. The van der Waals surface area contributed by atoms with Gasteiger partial charge in [0.2, 0.25) is 10.0 Å². The summed E-state index contributed by atoms with van der Waals surface area (Å²) in [5.74, 6) is 0. The predicted molar refractivity (Wildman–Crippen MR) is 91.0 cm³/mol. The van der Waals surface area contributed by atoms with Crippen molar-refractivity contribution in [2.24, 2.45) is 0 Å². The monoisotopic (exact) mass is 359 g/mol. The second kappa shape index (κ2) is 6.76. The van der Waals surface area contributed by atoms with Gasteiger partial charge in [-0.05, 0) is 32.6 Å². The van der Waals surface area contributed by atoms with Gasteiger partial charge in [0.05, 0.1) is 23.1 Å². The molecule has 1 aromatic heterocycles.